The molecular formula is C28H24Cl2FNO6. The lowest BCUT2D eigenvalue weighted by Crippen LogP contribution is -2.31. The lowest BCUT2D eigenvalue weighted by Gasteiger charge is -2.26. The maximum absolute atomic E-state index is 13.4. The van der Waals surface area contributed by atoms with Crippen LogP contribution in [0.5, 0.6) is 17.2 Å². The molecule has 1 fully saturated rings. The Morgan fingerprint density at radius 2 is 1.71 bits per heavy atom. The van der Waals surface area contributed by atoms with Crippen LogP contribution in [0.3, 0.4) is 0 Å². The van der Waals surface area contributed by atoms with Crippen molar-refractivity contribution in [1.82, 2.24) is 4.90 Å². The summed E-state index contributed by atoms with van der Waals surface area (Å²) in [5, 5.41) is 21.7. The van der Waals surface area contributed by atoms with E-state index in [0.717, 1.165) is 5.56 Å². The Bertz CT molecular complexity index is 1400. The van der Waals surface area contributed by atoms with E-state index in [1.165, 1.54) is 48.4 Å². The number of carbonyl (C=O) groups excluding carboxylic acids is 2. The molecule has 1 heterocycles. The van der Waals surface area contributed by atoms with E-state index >= 15 is 0 Å². The van der Waals surface area contributed by atoms with Crippen LogP contribution >= 0.6 is 23.2 Å². The first-order valence-corrected chi connectivity index (χ1v) is 12.4. The SMILES string of the molecule is CCOc1cc(C2/C(=C(\O)c3cc(Cl)c(OC)c(Cl)c3)C(=O)C(=O)N2CCc2ccc(F)cc2)ccc1O. The number of likely N-dealkylation sites (tertiary alicyclic amines) is 1. The van der Waals surface area contributed by atoms with Gasteiger partial charge in [0.25, 0.3) is 11.7 Å². The van der Waals surface area contributed by atoms with Crippen molar-refractivity contribution >= 4 is 40.7 Å². The Labute approximate surface area is 228 Å². The van der Waals surface area contributed by atoms with Crippen molar-refractivity contribution in [2.24, 2.45) is 0 Å². The van der Waals surface area contributed by atoms with E-state index in [1.807, 2.05) is 0 Å². The first-order chi connectivity index (χ1) is 18.2. The summed E-state index contributed by atoms with van der Waals surface area (Å²) in [4.78, 5) is 27.9. The highest BCUT2D eigenvalue weighted by Gasteiger charge is 2.46. The number of benzene rings is 3. The number of nitrogens with zero attached hydrogens (tertiary/aromatic N) is 1. The molecule has 1 aliphatic heterocycles. The number of ketones is 1. The number of hydrogen-bond donors (Lipinski definition) is 2. The number of phenols is 1. The number of hydrogen-bond acceptors (Lipinski definition) is 6. The van der Waals surface area contributed by atoms with Gasteiger partial charge in [-0.1, -0.05) is 41.4 Å². The lowest BCUT2D eigenvalue weighted by atomic mass is 9.94. The molecule has 1 aliphatic rings. The molecule has 198 valence electrons. The maximum atomic E-state index is 13.4. The number of rotatable bonds is 8. The van der Waals surface area contributed by atoms with Gasteiger partial charge in [-0.15, -0.1) is 0 Å². The predicted molar refractivity (Wildman–Crippen MR) is 141 cm³/mol. The smallest absolute Gasteiger partial charge is 0.295 e. The van der Waals surface area contributed by atoms with Crippen molar-refractivity contribution in [3.8, 4) is 17.2 Å². The molecule has 3 aromatic carbocycles. The van der Waals surface area contributed by atoms with E-state index in [1.54, 1.807) is 25.1 Å². The number of carbonyl (C=O) groups is 2. The summed E-state index contributed by atoms with van der Waals surface area (Å²) in [7, 11) is 1.39. The summed E-state index contributed by atoms with van der Waals surface area (Å²) >= 11 is 12.5. The summed E-state index contributed by atoms with van der Waals surface area (Å²) in [6.07, 6.45) is 0.320. The van der Waals surface area contributed by atoms with Crippen molar-refractivity contribution < 1.29 is 33.7 Å². The van der Waals surface area contributed by atoms with E-state index in [0.29, 0.717) is 12.0 Å². The number of aromatic hydroxyl groups is 1. The number of ether oxygens (including phenoxy) is 2. The highest BCUT2D eigenvalue weighted by Crippen LogP contribution is 2.43. The molecule has 0 bridgehead atoms. The van der Waals surface area contributed by atoms with Gasteiger partial charge in [-0.3, -0.25) is 9.59 Å². The number of aliphatic hydroxyl groups excluding tert-OH is 1. The van der Waals surface area contributed by atoms with Crippen LogP contribution in [0.25, 0.3) is 5.76 Å². The Kier molecular flexibility index (Phi) is 8.14. The van der Waals surface area contributed by atoms with Gasteiger partial charge in [-0.25, -0.2) is 4.39 Å². The highest BCUT2D eigenvalue weighted by atomic mass is 35.5. The minimum atomic E-state index is -1.02. The standard InChI is InChI=1S/C28H24Cl2FNO6/c1-3-38-22-14-16(6-9-21(22)33)24-23(25(34)17-12-19(29)27(37-2)20(30)13-17)26(35)28(36)32(24)11-10-15-4-7-18(31)8-5-15/h4-9,12-14,24,33-34H,3,10-11H2,1-2H3/b25-23+. The summed E-state index contributed by atoms with van der Waals surface area (Å²) in [5.74, 6) is -2.36. The molecule has 38 heavy (non-hydrogen) atoms. The molecule has 1 amide bonds. The molecule has 0 radical (unpaired) electrons. The first-order valence-electron chi connectivity index (χ1n) is 11.7. The van der Waals surface area contributed by atoms with E-state index in [-0.39, 0.29) is 51.6 Å². The predicted octanol–water partition coefficient (Wildman–Crippen LogP) is 5.91. The third-order valence-electron chi connectivity index (χ3n) is 6.17. The molecule has 1 saturated heterocycles. The fraction of sp³-hybridized carbons (Fsp3) is 0.214. The molecule has 3 aromatic rings. The second-order valence-electron chi connectivity index (χ2n) is 8.50. The molecule has 1 unspecified atom stereocenters. The molecule has 1 atom stereocenters. The fourth-order valence-electron chi connectivity index (χ4n) is 4.38. The Hall–Kier alpha value is -3.75. The Morgan fingerprint density at radius 3 is 2.32 bits per heavy atom. The average molecular weight is 560 g/mol. The van der Waals surface area contributed by atoms with E-state index in [2.05, 4.69) is 0 Å². The third kappa shape index (κ3) is 5.28. The number of halogens is 3. The second-order valence-corrected chi connectivity index (χ2v) is 9.32. The number of Topliss-reactive ketones (excluding diaryl/α,β-unsaturated/α-hetero) is 1. The minimum absolute atomic E-state index is 0.0899. The molecule has 0 aliphatic carbocycles. The monoisotopic (exact) mass is 559 g/mol. The Balaban J connectivity index is 1.84. The van der Waals surface area contributed by atoms with Crippen molar-refractivity contribution in [3.05, 3.63) is 92.7 Å². The van der Waals surface area contributed by atoms with Gasteiger partial charge in [0, 0.05) is 12.1 Å². The van der Waals surface area contributed by atoms with Crippen LogP contribution < -0.4 is 9.47 Å². The van der Waals surface area contributed by atoms with E-state index in [4.69, 9.17) is 32.7 Å². The zero-order chi connectivity index (χ0) is 27.6. The molecule has 0 aromatic heterocycles. The molecular weight excluding hydrogens is 536 g/mol. The summed E-state index contributed by atoms with van der Waals surface area (Å²) in [5.41, 5.74) is 1.11. The van der Waals surface area contributed by atoms with E-state index < -0.39 is 29.3 Å². The van der Waals surface area contributed by atoms with Crippen molar-refractivity contribution in [1.29, 1.82) is 0 Å². The molecule has 0 spiro atoms. The molecule has 7 nitrogen and oxygen atoms in total. The zero-order valence-corrected chi connectivity index (χ0v) is 22.0. The number of amides is 1. The fourth-order valence-corrected chi connectivity index (χ4v) is 5.02. The van der Waals surface area contributed by atoms with Crippen LogP contribution in [0.15, 0.2) is 60.2 Å². The van der Waals surface area contributed by atoms with Crippen molar-refractivity contribution in [3.63, 3.8) is 0 Å². The topological polar surface area (TPSA) is 96.3 Å². The van der Waals surface area contributed by atoms with Gasteiger partial charge in [0.15, 0.2) is 17.2 Å². The Morgan fingerprint density at radius 1 is 1.05 bits per heavy atom. The van der Waals surface area contributed by atoms with Gasteiger partial charge in [0.1, 0.15) is 11.6 Å². The van der Waals surface area contributed by atoms with Crippen LogP contribution in [0.1, 0.15) is 29.7 Å². The third-order valence-corrected chi connectivity index (χ3v) is 6.73. The van der Waals surface area contributed by atoms with Crippen LogP contribution in [-0.4, -0.2) is 47.1 Å². The second kappa shape index (κ2) is 11.3. The number of phenolic OH excluding ortho intramolecular Hbond substituents is 1. The van der Waals surface area contributed by atoms with Gasteiger partial charge >= 0.3 is 0 Å². The van der Waals surface area contributed by atoms with Gasteiger partial charge in [0.05, 0.1) is 35.4 Å². The maximum Gasteiger partial charge on any atom is 0.295 e. The largest absolute Gasteiger partial charge is 0.507 e. The van der Waals surface area contributed by atoms with Crippen LogP contribution in [-0.2, 0) is 16.0 Å². The van der Waals surface area contributed by atoms with Gasteiger partial charge in [-0.05, 0) is 60.9 Å². The van der Waals surface area contributed by atoms with E-state index in [9.17, 15) is 24.2 Å². The molecule has 4 rings (SSSR count). The van der Waals surface area contributed by atoms with Crippen LogP contribution in [0.4, 0.5) is 4.39 Å². The van der Waals surface area contributed by atoms with Gasteiger partial charge in [-0.2, -0.15) is 0 Å². The summed E-state index contributed by atoms with van der Waals surface area (Å²) < 4.78 is 24.0. The van der Waals surface area contributed by atoms with Crippen molar-refractivity contribution in [2.45, 2.75) is 19.4 Å². The minimum Gasteiger partial charge on any atom is -0.507 e. The molecule has 2 N–H and O–H groups in total. The van der Waals surface area contributed by atoms with Crippen LogP contribution in [0.2, 0.25) is 10.0 Å². The lowest BCUT2D eigenvalue weighted by molar-refractivity contribution is -0.139. The molecule has 10 heteroatoms. The van der Waals surface area contributed by atoms with Gasteiger partial charge < -0.3 is 24.6 Å². The summed E-state index contributed by atoms with van der Waals surface area (Å²) in [6.45, 7) is 2.11. The number of aliphatic hydroxyl groups is 1. The highest BCUT2D eigenvalue weighted by molar-refractivity contribution is 6.46. The quantitative estimate of drug-likeness (QED) is 0.202. The summed E-state index contributed by atoms with van der Waals surface area (Å²) in [6, 6.07) is 12.0. The normalized spacial score (nSPS) is 16.7. The van der Waals surface area contributed by atoms with Crippen molar-refractivity contribution in [2.75, 3.05) is 20.3 Å². The number of methoxy groups -OCH3 is 1. The zero-order valence-electron chi connectivity index (χ0n) is 20.5. The van der Waals surface area contributed by atoms with Gasteiger partial charge in [0.2, 0.25) is 0 Å². The average Bonchev–Trinajstić information content (AvgIpc) is 3.14. The van der Waals surface area contributed by atoms with Crippen LogP contribution in [0, 0.1) is 5.82 Å². The molecule has 0 saturated carbocycles. The first kappa shape index (κ1) is 27.3.